The van der Waals surface area contributed by atoms with Gasteiger partial charge in [0.1, 0.15) is 0 Å². The number of rotatable bonds is 6. The lowest BCUT2D eigenvalue weighted by molar-refractivity contribution is -0.141. The summed E-state index contributed by atoms with van der Waals surface area (Å²) in [6.07, 6.45) is 2.40. The van der Waals surface area contributed by atoms with Crippen LogP contribution in [0.1, 0.15) is 23.5 Å². The van der Waals surface area contributed by atoms with Crippen LogP contribution in [-0.2, 0) is 20.7 Å². The number of aromatic nitrogens is 1. The largest absolute Gasteiger partial charge is 0.378 e. The van der Waals surface area contributed by atoms with Gasteiger partial charge in [-0.2, -0.15) is 0 Å². The molecule has 2 amide bonds. The van der Waals surface area contributed by atoms with Crippen LogP contribution in [0.2, 0.25) is 0 Å². The van der Waals surface area contributed by atoms with Gasteiger partial charge in [-0.3, -0.25) is 9.59 Å². The van der Waals surface area contributed by atoms with Crippen molar-refractivity contribution in [3.8, 4) is 0 Å². The van der Waals surface area contributed by atoms with Crippen molar-refractivity contribution in [1.82, 2.24) is 20.5 Å². The molecule has 0 spiro atoms. The van der Waals surface area contributed by atoms with Crippen LogP contribution < -0.4 is 10.6 Å². The molecule has 1 aromatic heterocycles. The van der Waals surface area contributed by atoms with Gasteiger partial charge >= 0.3 is 0 Å². The highest BCUT2D eigenvalue weighted by Crippen LogP contribution is 2.20. The Hall–Kier alpha value is -1.51. The number of aryl methyl sites for hydroxylation is 2. The minimum absolute atomic E-state index is 0.0484. The van der Waals surface area contributed by atoms with Gasteiger partial charge < -0.3 is 20.3 Å². The van der Waals surface area contributed by atoms with Gasteiger partial charge in [0.2, 0.25) is 11.8 Å². The van der Waals surface area contributed by atoms with E-state index in [1.54, 1.807) is 11.3 Å². The van der Waals surface area contributed by atoms with Gasteiger partial charge in [0.05, 0.1) is 30.1 Å². The van der Waals surface area contributed by atoms with Gasteiger partial charge in [0.25, 0.3) is 0 Å². The quantitative estimate of drug-likeness (QED) is 0.706. The van der Waals surface area contributed by atoms with Gasteiger partial charge in [-0.05, 0) is 19.8 Å². The first-order valence-electron chi connectivity index (χ1n) is 9.39. The molecular formula is C18H28N4O3S. The highest BCUT2D eigenvalue weighted by molar-refractivity contribution is 7.09. The number of carbonyl (C=O) groups excluding carboxylic acids is 2. The maximum Gasteiger partial charge on any atom is 0.227 e. The summed E-state index contributed by atoms with van der Waals surface area (Å²) in [6.45, 7) is 6.46. The van der Waals surface area contributed by atoms with Gasteiger partial charge in [0, 0.05) is 50.2 Å². The summed E-state index contributed by atoms with van der Waals surface area (Å²) >= 11 is 1.67. The normalized spacial score (nSPS) is 23.7. The van der Waals surface area contributed by atoms with E-state index in [4.69, 9.17) is 4.74 Å². The number of carbonyl (C=O) groups is 2. The maximum atomic E-state index is 12.6. The molecule has 0 aromatic carbocycles. The molecule has 0 saturated carbocycles. The van der Waals surface area contributed by atoms with E-state index < -0.39 is 0 Å². The number of hydrogen-bond donors (Lipinski definition) is 2. The van der Waals surface area contributed by atoms with Crippen LogP contribution in [0, 0.1) is 18.8 Å². The Morgan fingerprint density at radius 2 is 2.12 bits per heavy atom. The Kier molecular flexibility index (Phi) is 6.99. The first-order valence-corrected chi connectivity index (χ1v) is 10.3. The molecule has 144 valence electrons. The zero-order valence-corrected chi connectivity index (χ0v) is 16.1. The molecule has 0 unspecified atom stereocenters. The Morgan fingerprint density at radius 3 is 2.85 bits per heavy atom. The Morgan fingerprint density at radius 1 is 1.35 bits per heavy atom. The second kappa shape index (κ2) is 9.43. The third-order valence-corrected chi connectivity index (χ3v) is 5.95. The number of nitrogens with zero attached hydrogens (tertiary/aromatic N) is 2. The molecule has 3 heterocycles. The molecule has 2 aliphatic heterocycles. The summed E-state index contributed by atoms with van der Waals surface area (Å²) in [5.41, 5.74) is 1.05. The predicted octanol–water partition coefficient (Wildman–Crippen LogP) is 0.585. The van der Waals surface area contributed by atoms with E-state index in [1.165, 1.54) is 0 Å². The van der Waals surface area contributed by atoms with Crippen molar-refractivity contribution in [2.75, 3.05) is 45.9 Å². The summed E-state index contributed by atoms with van der Waals surface area (Å²) < 4.78 is 5.31. The van der Waals surface area contributed by atoms with Crippen molar-refractivity contribution in [1.29, 1.82) is 0 Å². The van der Waals surface area contributed by atoms with Gasteiger partial charge in [-0.15, -0.1) is 11.3 Å². The zero-order valence-electron chi connectivity index (χ0n) is 15.3. The number of ether oxygens (including phenoxy) is 1. The molecule has 0 aliphatic carbocycles. The van der Waals surface area contributed by atoms with E-state index in [0.717, 1.165) is 23.5 Å². The Balaban J connectivity index is 1.40. The molecule has 26 heavy (non-hydrogen) atoms. The van der Waals surface area contributed by atoms with Crippen LogP contribution in [0.3, 0.4) is 0 Å². The number of piperidine rings is 1. The topological polar surface area (TPSA) is 83.6 Å². The fourth-order valence-corrected chi connectivity index (χ4v) is 4.30. The molecule has 2 fully saturated rings. The van der Waals surface area contributed by atoms with E-state index in [2.05, 4.69) is 15.6 Å². The number of thiazole rings is 1. The number of hydrogen-bond acceptors (Lipinski definition) is 6. The summed E-state index contributed by atoms with van der Waals surface area (Å²) in [5, 5.41) is 9.45. The predicted molar refractivity (Wildman–Crippen MR) is 100 cm³/mol. The average Bonchev–Trinajstić information content (AvgIpc) is 3.10. The third-order valence-electron chi connectivity index (χ3n) is 4.93. The van der Waals surface area contributed by atoms with Crippen LogP contribution in [0.15, 0.2) is 5.38 Å². The van der Waals surface area contributed by atoms with E-state index >= 15 is 0 Å². The maximum absolute atomic E-state index is 12.6. The van der Waals surface area contributed by atoms with E-state index in [9.17, 15) is 9.59 Å². The van der Waals surface area contributed by atoms with Crippen molar-refractivity contribution < 1.29 is 14.3 Å². The lowest BCUT2D eigenvalue weighted by atomic mass is 9.88. The smallest absolute Gasteiger partial charge is 0.227 e. The van der Waals surface area contributed by atoms with Gasteiger partial charge in [-0.1, -0.05) is 0 Å². The molecule has 3 rings (SSSR count). The molecule has 0 radical (unpaired) electrons. The van der Waals surface area contributed by atoms with Crippen LogP contribution in [-0.4, -0.2) is 67.6 Å². The van der Waals surface area contributed by atoms with Crippen molar-refractivity contribution in [3.05, 3.63) is 16.1 Å². The van der Waals surface area contributed by atoms with Crippen LogP contribution in [0.25, 0.3) is 0 Å². The fourth-order valence-electron chi connectivity index (χ4n) is 3.48. The first kappa shape index (κ1) is 19.3. The first-order chi connectivity index (χ1) is 12.6. The van der Waals surface area contributed by atoms with Gasteiger partial charge in [0.15, 0.2) is 0 Å². The SMILES string of the molecule is Cc1csc(CCCNC(=O)[C@@H]2CNC[C@H](C(=O)N3CCOCC3)C2)n1. The highest BCUT2D eigenvalue weighted by Gasteiger charge is 2.33. The third kappa shape index (κ3) is 5.25. The molecular weight excluding hydrogens is 352 g/mol. The molecule has 2 atom stereocenters. The molecule has 2 N–H and O–H groups in total. The minimum atomic E-state index is -0.138. The Bertz CT molecular complexity index is 615. The summed E-state index contributed by atoms with van der Waals surface area (Å²) in [5.74, 6) is -0.0542. The summed E-state index contributed by atoms with van der Waals surface area (Å²) in [7, 11) is 0. The van der Waals surface area contributed by atoms with Crippen molar-refractivity contribution in [2.24, 2.45) is 11.8 Å². The van der Waals surface area contributed by atoms with E-state index in [0.29, 0.717) is 52.4 Å². The summed E-state index contributed by atoms with van der Waals surface area (Å²) in [6, 6.07) is 0. The van der Waals surface area contributed by atoms with E-state index in [1.807, 2.05) is 17.2 Å². The number of nitrogens with one attached hydrogen (secondary N) is 2. The molecule has 1 aromatic rings. The number of morpholine rings is 1. The van der Waals surface area contributed by atoms with Crippen LogP contribution in [0.4, 0.5) is 0 Å². The highest BCUT2D eigenvalue weighted by atomic mass is 32.1. The van der Waals surface area contributed by atoms with Crippen LogP contribution in [0.5, 0.6) is 0 Å². The average molecular weight is 381 g/mol. The summed E-state index contributed by atoms with van der Waals surface area (Å²) in [4.78, 5) is 31.4. The fraction of sp³-hybridized carbons (Fsp3) is 0.722. The van der Waals surface area contributed by atoms with Crippen molar-refractivity contribution in [2.45, 2.75) is 26.2 Å². The molecule has 0 bridgehead atoms. The molecule has 2 saturated heterocycles. The molecule has 7 nitrogen and oxygen atoms in total. The Labute approximate surface area is 158 Å². The molecule has 8 heteroatoms. The second-order valence-corrected chi connectivity index (χ2v) is 7.95. The van der Waals surface area contributed by atoms with E-state index in [-0.39, 0.29) is 23.7 Å². The minimum Gasteiger partial charge on any atom is -0.378 e. The van der Waals surface area contributed by atoms with Gasteiger partial charge in [-0.25, -0.2) is 4.98 Å². The zero-order chi connectivity index (χ0) is 18.4. The second-order valence-electron chi connectivity index (χ2n) is 7.00. The van der Waals surface area contributed by atoms with Crippen LogP contribution >= 0.6 is 11.3 Å². The van der Waals surface area contributed by atoms with Crippen molar-refractivity contribution >= 4 is 23.2 Å². The monoisotopic (exact) mass is 380 g/mol. The molecule has 2 aliphatic rings. The lowest BCUT2D eigenvalue weighted by Crippen LogP contribution is -2.51. The number of amides is 2. The lowest BCUT2D eigenvalue weighted by Gasteiger charge is -2.34. The van der Waals surface area contributed by atoms with Crippen molar-refractivity contribution in [3.63, 3.8) is 0 Å². The standard InChI is InChI=1S/C18H28N4O3S/c1-13-12-26-16(21-13)3-2-4-20-17(23)14-9-15(11-19-10-14)18(24)22-5-7-25-8-6-22/h12,14-15,19H,2-11H2,1H3,(H,20,23)/t14-,15+/m0/s1.